The van der Waals surface area contributed by atoms with Crippen LogP contribution in [0, 0.1) is 11.6 Å². The molecule has 0 aliphatic heterocycles. The summed E-state index contributed by atoms with van der Waals surface area (Å²) < 4.78 is 62.9. The fraction of sp³-hybridized carbons (Fsp3) is 0.455. The van der Waals surface area contributed by atoms with E-state index in [0.29, 0.717) is 0 Å². The van der Waals surface area contributed by atoms with E-state index in [1.165, 1.54) is 13.1 Å². The van der Waals surface area contributed by atoms with E-state index in [4.69, 9.17) is 0 Å². The first-order valence-electron chi connectivity index (χ1n) is 5.03. The quantitative estimate of drug-likeness (QED) is 0.809. The van der Waals surface area contributed by atoms with Crippen molar-refractivity contribution in [3.63, 3.8) is 0 Å². The van der Waals surface area contributed by atoms with Gasteiger partial charge in [0.25, 0.3) is 0 Å². The van der Waals surface area contributed by atoms with Gasteiger partial charge in [0.1, 0.15) is 11.6 Å². The molecule has 0 aromatic heterocycles. The van der Waals surface area contributed by atoms with Crippen molar-refractivity contribution in [3.8, 4) is 0 Å². The van der Waals surface area contributed by atoms with Crippen LogP contribution in [0.5, 0.6) is 0 Å². The van der Waals surface area contributed by atoms with Crippen LogP contribution in [-0.4, -0.2) is 13.2 Å². The molecule has 0 aliphatic carbocycles. The average molecular weight is 253 g/mol. The van der Waals surface area contributed by atoms with Crippen LogP contribution in [0.1, 0.15) is 24.4 Å². The van der Waals surface area contributed by atoms with E-state index in [0.717, 1.165) is 12.1 Å². The Bertz CT molecular complexity index is 354. The Balaban J connectivity index is 2.87. The highest BCUT2D eigenvalue weighted by molar-refractivity contribution is 5.23. The number of alkyl halides is 3. The molecule has 0 saturated carbocycles. The van der Waals surface area contributed by atoms with Crippen LogP contribution in [-0.2, 0) is 0 Å². The van der Waals surface area contributed by atoms with Crippen molar-refractivity contribution in [2.45, 2.75) is 25.1 Å². The molecule has 1 aromatic rings. The Kier molecular flexibility index (Phi) is 4.45. The molecule has 6 heteroatoms. The lowest BCUT2D eigenvalue weighted by Crippen LogP contribution is -2.21. The molecule has 1 aromatic carbocycles. The molecule has 0 aliphatic rings. The fourth-order valence-electron chi connectivity index (χ4n) is 1.58. The third kappa shape index (κ3) is 3.96. The van der Waals surface area contributed by atoms with Gasteiger partial charge in [-0.1, -0.05) is 6.07 Å². The van der Waals surface area contributed by atoms with Gasteiger partial charge in [-0.05, 0) is 25.6 Å². The molecule has 0 radical (unpaired) electrons. The second-order valence-electron chi connectivity index (χ2n) is 3.63. The second-order valence-corrected chi connectivity index (χ2v) is 3.63. The number of rotatable bonds is 4. The molecule has 0 spiro atoms. The van der Waals surface area contributed by atoms with E-state index in [1.807, 2.05) is 0 Å². The molecular weight excluding hydrogens is 241 g/mol. The predicted octanol–water partition coefficient (Wildman–Crippen LogP) is 3.57. The molecule has 17 heavy (non-hydrogen) atoms. The highest BCUT2D eigenvalue weighted by Crippen LogP contribution is 2.29. The van der Waals surface area contributed by atoms with E-state index in [2.05, 4.69) is 5.32 Å². The van der Waals surface area contributed by atoms with Crippen LogP contribution in [0.15, 0.2) is 18.2 Å². The highest BCUT2D eigenvalue weighted by Gasteiger charge is 2.29. The smallest absolute Gasteiger partial charge is 0.313 e. The first-order chi connectivity index (χ1) is 7.85. The lowest BCUT2D eigenvalue weighted by Gasteiger charge is -2.18. The van der Waals surface area contributed by atoms with Crippen molar-refractivity contribution < 1.29 is 22.0 Å². The van der Waals surface area contributed by atoms with Crippen molar-refractivity contribution in [2.75, 3.05) is 7.05 Å². The van der Waals surface area contributed by atoms with Gasteiger partial charge in [-0.25, -0.2) is 8.78 Å². The zero-order valence-electron chi connectivity index (χ0n) is 9.11. The number of nitrogens with one attached hydrogen (secondary N) is 1. The standard InChI is InChI=1S/C11H12F5N/c1-17-9(5-6-11(14,15)16)10-7(12)3-2-4-8(10)13/h2-4,9,17H,5-6H2,1H3. The maximum atomic E-state index is 13.3. The second kappa shape index (κ2) is 5.44. The zero-order chi connectivity index (χ0) is 13.1. The SMILES string of the molecule is CNC(CCC(F)(F)F)c1c(F)cccc1F. The summed E-state index contributed by atoms with van der Waals surface area (Å²) in [6, 6.07) is 2.23. The van der Waals surface area contributed by atoms with Crippen LogP contribution in [0.3, 0.4) is 0 Å². The van der Waals surface area contributed by atoms with Crippen molar-refractivity contribution in [1.29, 1.82) is 0 Å². The number of hydrogen-bond donors (Lipinski definition) is 1. The lowest BCUT2D eigenvalue weighted by atomic mass is 10.0. The number of benzene rings is 1. The molecule has 1 atom stereocenters. The molecule has 0 bridgehead atoms. The Hall–Kier alpha value is -1.17. The largest absolute Gasteiger partial charge is 0.389 e. The van der Waals surface area contributed by atoms with Crippen LogP contribution in [0.2, 0.25) is 0 Å². The summed E-state index contributed by atoms with van der Waals surface area (Å²) in [4.78, 5) is 0. The van der Waals surface area contributed by atoms with Crippen LogP contribution in [0.25, 0.3) is 0 Å². The minimum Gasteiger partial charge on any atom is -0.313 e. The van der Waals surface area contributed by atoms with Crippen LogP contribution >= 0.6 is 0 Å². The van der Waals surface area contributed by atoms with Gasteiger partial charge in [0.2, 0.25) is 0 Å². The van der Waals surface area contributed by atoms with Gasteiger partial charge < -0.3 is 5.32 Å². The van der Waals surface area contributed by atoms with E-state index in [9.17, 15) is 22.0 Å². The summed E-state index contributed by atoms with van der Waals surface area (Å²) in [5, 5.41) is 2.49. The summed E-state index contributed by atoms with van der Waals surface area (Å²) in [5.41, 5.74) is -0.348. The Labute approximate surface area is 95.6 Å². The Morgan fingerprint density at radius 3 is 2.12 bits per heavy atom. The monoisotopic (exact) mass is 253 g/mol. The molecule has 1 rings (SSSR count). The van der Waals surface area contributed by atoms with Crippen molar-refractivity contribution in [2.24, 2.45) is 0 Å². The molecule has 1 nitrogen and oxygen atoms in total. The van der Waals surface area contributed by atoms with Gasteiger partial charge in [0.05, 0.1) is 0 Å². The summed E-state index contributed by atoms with van der Waals surface area (Å²) in [6.07, 6.45) is -5.83. The number of hydrogen-bond acceptors (Lipinski definition) is 1. The topological polar surface area (TPSA) is 12.0 Å². The fourth-order valence-corrected chi connectivity index (χ4v) is 1.58. The summed E-state index contributed by atoms with van der Waals surface area (Å²) in [6.45, 7) is 0. The van der Waals surface area contributed by atoms with Gasteiger partial charge in [-0.15, -0.1) is 0 Å². The maximum Gasteiger partial charge on any atom is 0.389 e. The molecule has 0 amide bonds. The van der Waals surface area contributed by atoms with Crippen molar-refractivity contribution >= 4 is 0 Å². The summed E-state index contributed by atoms with van der Waals surface area (Å²) in [5.74, 6) is -1.68. The van der Waals surface area contributed by atoms with E-state index < -0.39 is 36.7 Å². The summed E-state index contributed by atoms with van der Waals surface area (Å²) >= 11 is 0. The average Bonchev–Trinajstić information content (AvgIpc) is 2.21. The predicted molar refractivity (Wildman–Crippen MR) is 53.4 cm³/mol. The van der Waals surface area contributed by atoms with Gasteiger partial charge in [0, 0.05) is 18.0 Å². The highest BCUT2D eigenvalue weighted by atomic mass is 19.4. The minimum absolute atomic E-state index is 0.348. The zero-order valence-corrected chi connectivity index (χ0v) is 9.11. The molecule has 0 heterocycles. The summed E-state index contributed by atoms with van der Waals surface area (Å²) in [7, 11) is 1.37. The lowest BCUT2D eigenvalue weighted by molar-refractivity contribution is -0.136. The first-order valence-corrected chi connectivity index (χ1v) is 5.03. The maximum absolute atomic E-state index is 13.3. The molecule has 0 saturated heterocycles. The molecule has 96 valence electrons. The molecule has 0 fully saturated rings. The van der Waals surface area contributed by atoms with E-state index >= 15 is 0 Å². The van der Waals surface area contributed by atoms with Crippen molar-refractivity contribution in [3.05, 3.63) is 35.4 Å². The van der Waals surface area contributed by atoms with Crippen molar-refractivity contribution in [1.82, 2.24) is 5.32 Å². The first kappa shape index (κ1) is 13.9. The minimum atomic E-state index is -4.34. The number of halogens is 5. The van der Waals surface area contributed by atoms with Crippen LogP contribution in [0.4, 0.5) is 22.0 Å². The van der Waals surface area contributed by atoms with Crippen LogP contribution < -0.4 is 5.32 Å². The normalized spacial score (nSPS) is 13.8. The van der Waals surface area contributed by atoms with Gasteiger partial charge >= 0.3 is 6.18 Å². The van der Waals surface area contributed by atoms with Gasteiger partial charge in [0.15, 0.2) is 0 Å². The third-order valence-electron chi connectivity index (χ3n) is 2.41. The van der Waals surface area contributed by atoms with Gasteiger partial charge in [-0.2, -0.15) is 13.2 Å². The third-order valence-corrected chi connectivity index (χ3v) is 2.41. The Morgan fingerprint density at radius 2 is 1.71 bits per heavy atom. The van der Waals surface area contributed by atoms with Gasteiger partial charge in [-0.3, -0.25) is 0 Å². The Morgan fingerprint density at radius 1 is 1.18 bits per heavy atom. The molecule has 1 unspecified atom stereocenters. The van der Waals surface area contributed by atoms with E-state index in [-0.39, 0.29) is 5.56 Å². The molecule has 1 N–H and O–H groups in total. The molecular formula is C11H12F5N. The van der Waals surface area contributed by atoms with E-state index in [1.54, 1.807) is 0 Å².